The molecule has 0 bridgehead atoms. The van der Waals surface area contributed by atoms with Crippen LogP contribution in [0.5, 0.6) is 0 Å². The Balaban J connectivity index is 2.86. The van der Waals surface area contributed by atoms with Crippen LogP contribution in [0.2, 0.25) is 5.02 Å². The fourth-order valence-corrected chi connectivity index (χ4v) is 1.65. The molecule has 1 unspecified atom stereocenters. The molecule has 1 aromatic heterocycles. The van der Waals surface area contributed by atoms with Crippen LogP contribution in [0.4, 0.5) is 5.69 Å². The first kappa shape index (κ1) is 14.0. The molecule has 5 nitrogen and oxygen atoms in total. The SMILES string of the molecule is CC(C)C(CN(C)C)Nc1cn[nH]c(=O)c1Cl. The molecule has 1 aromatic rings. The molecule has 0 amide bonds. The second-order valence-electron chi connectivity index (χ2n) is 4.68. The quantitative estimate of drug-likeness (QED) is 0.839. The lowest BCUT2D eigenvalue weighted by Crippen LogP contribution is -2.36. The zero-order chi connectivity index (χ0) is 13.0. The van der Waals surface area contributed by atoms with E-state index in [1.54, 1.807) is 0 Å². The molecule has 0 aliphatic rings. The summed E-state index contributed by atoms with van der Waals surface area (Å²) in [5.41, 5.74) is 0.208. The first-order valence-electron chi connectivity index (χ1n) is 5.56. The average Bonchev–Trinajstić information content (AvgIpc) is 2.22. The summed E-state index contributed by atoms with van der Waals surface area (Å²) in [4.78, 5) is 13.4. The topological polar surface area (TPSA) is 61.0 Å². The van der Waals surface area contributed by atoms with Crippen LogP contribution in [0.15, 0.2) is 11.0 Å². The number of H-pyrrole nitrogens is 1. The predicted molar refractivity (Wildman–Crippen MR) is 70.7 cm³/mol. The summed E-state index contributed by atoms with van der Waals surface area (Å²) in [7, 11) is 4.02. The van der Waals surface area contributed by atoms with Gasteiger partial charge in [-0.3, -0.25) is 4.79 Å². The van der Waals surface area contributed by atoms with Crippen LogP contribution in [-0.4, -0.2) is 41.8 Å². The Morgan fingerprint density at radius 3 is 2.71 bits per heavy atom. The molecule has 0 fully saturated rings. The maximum Gasteiger partial charge on any atom is 0.285 e. The van der Waals surface area contributed by atoms with Crippen molar-refractivity contribution < 1.29 is 0 Å². The maximum absolute atomic E-state index is 11.3. The third-order valence-corrected chi connectivity index (χ3v) is 2.88. The van der Waals surface area contributed by atoms with E-state index in [1.165, 1.54) is 6.20 Å². The van der Waals surface area contributed by atoms with Gasteiger partial charge in [-0.15, -0.1) is 0 Å². The van der Waals surface area contributed by atoms with Gasteiger partial charge >= 0.3 is 0 Å². The molecule has 0 aromatic carbocycles. The highest BCUT2D eigenvalue weighted by atomic mass is 35.5. The predicted octanol–water partition coefficient (Wildman–Crippen LogP) is 1.42. The van der Waals surface area contributed by atoms with Crippen molar-refractivity contribution in [3.05, 3.63) is 21.6 Å². The summed E-state index contributed by atoms with van der Waals surface area (Å²) >= 11 is 5.92. The van der Waals surface area contributed by atoms with E-state index in [4.69, 9.17) is 11.6 Å². The fraction of sp³-hybridized carbons (Fsp3) is 0.636. The van der Waals surface area contributed by atoms with Crippen LogP contribution in [0, 0.1) is 5.92 Å². The third-order valence-electron chi connectivity index (χ3n) is 2.50. The van der Waals surface area contributed by atoms with Crippen molar-refractivity contribution in [3.8, 4) is 0 Å². The standard InChI is InChI=1S/C11H19ClN4O/c1-7(2)9(6-16(3)4)14-8-5-13-15-11(17)10(8)12/h5,7,9H,6H2,1-4H3,(H2,14,15,17). The summed E-state index contributed by atoms with van der Waals surface area (Å²) in [5.74, 6) is 0.424. The van der Waals surface area contributed by atoms with Gasteiger partial charge in [-0.1, -0.05) is 25.4 Å². The van der Waals surface area contributed by atoms with E-state index in [1.807, 2.05) is 14.1 Å². The molecule has 96 valence electrons. The maximum atomic E-state index is 11.3. The molecule has 0 saturated heterocycles. The number of halogens is 1. The van der Waals surface area contributed by atoms with Gasteiger partial charge in [0.05, 0.1) is 11.9 Å². The Morgan fingerprint density at radius 2 is 2.18 bits per heavy atom. The summed E-state index contributed by atoms with van der Waals surface area (Å²) in [6, 6.07) is 0.214. The molecule has 17 heavy (non-hydrogen) atoms. The van der Waals surface area contributed by atoms with Gasteiger partial charge in [0.25, 0.3) is 5.56 Å². The number of hydrogen-bond acceptors (Lipinski definition) is 4. The molecule has 0 spiro atoms. The molecule has 6 heteroatoms. The summed E-state index contributed by atoms with van der Waals surface area (Å²) in [6.45, 7) is 5.10. The summed E-state index contributed by atoms with van der Waals surface area (Å²) < 4.78 is 0. The van der Waals surface area contributed by atoms with Crippen LogP contribution >= 0.6 is 11.6 Å². The first-order chi connectivity index (χ1) is 7.91. The van der Waals surface area contributed by atoms with Gasteiger partial charge in [0.2, 0.25) is 0 Å². The Bertz CT molecular complexity index is 416. The van der Waals surface area contributed by atoms with Crippen molar-refractivity contribution in [1.29, 1.82) is 0 Å². The Hall–Kier alpha value is -1.07. The Kier molecular flexibility index (Phi) is 4.96. The minimum atomic E-state index is -0.371. The number of nitrogens with zero attached hydrogens (tertiary/aromatic N) is 2. The molecule has 0 aliphatic heterocycles. The van der Waals surface area contributed by atoms with Gasteiger partial charge in [0.15, 0.2) is 0 Å². The van der Waals surface area contributed by atoms with E-state index in [2.05, 4.69) is 34.3 Å². The third kappa shape index (κ3) is 4.02. The van der Waals surface area contributed by atoms with Gasteiger partial charge in [0, 0.05) is 12.6 Å². The van der Waals surface area contributed by atoms with Crippen LogP contribution in [-0.2, 0) is 0 Å². The molecule has 2 N–H and O–H groups in total. The lowest BCUT2D eigenvalue weighted by atomic mass is 10.0. The van der Waals surface area contributed by atoms with E-state index in [0.717, 1.165) is 6.54 Å². The highest BCUT2D eigenvalue weighted by Gasteiger charge is 2.16. The Labute approximate surface area is 106 Å². The van der Waals surface area contributed by atoms with Crippen LogP contribution < -0.4 is 10.9 Å². The number of rotatable bonds is 5. The molecule has 0 aliphatic carbocycles. The van der Waals surface area contributed by atoms with Crippen LogP contribution in [0.3, 0.4) is 0 Å². The largest absolute Gasteiger partial charge is 0.378 e. The van der Waals surface area contributed by atoms with E-state index in [-0.39, 0.29) is 16.6 Å². The molecule has 0 radical (unpaired) electrons. The molecule has 0 saturated carbocycles. The van der Waals surface area contributed by atoms with Crippen molar-refractivity contribution in [2.45, 2.75) is 19.9 Å². The number of nitrogens with one attached hydrogen (secondary N) is 2. The van der Waals surface area contributed by atoms with Crippen molar-refractivity contribution in [2.75, 3.05) is 26.0 Å². The van der Waals surface area contributed by atoms with Gasteiger partial charge in [-0.05, 0) is 20.0 Å². The van der Waals surface area contributed by atoms with Gasteiger partial charge in [0.1, 0.15) is 5.02 Å². The summed E-state index contributed by atoms with van der Waals surface area (Å²) in [6.07, 6.45) is 1.54. The molecular weight excluding hydrogens is 240 g/mol. The molecular formula is C11H19ClN4O. The number of anilines is 1. The Morgan fingerprint density at radius 1 is 1.53 bits per heavy atom. The molecule has 1 atom stereocenters. The fourth-order valence-electron chi connectivity index (χ4n) is 1.50. The van der Waals surface area contributed by atoms with Gasteiger partial charge in [-0.25, -0.2) is 5.10 Å². The number of aromatic nitrogens is 2. The highest BCUT2D eigenvalue weighted by molar-refractivity contribution is 6.32. The first-order valence-corrected chi connectivity index (χ1v) is 5.94. The van der Waals surface area contributed by atoms with Gasteiger partial charge < -0.3 is 10.2 Å². The van der Waals surface area contributed by atoms with Crippen LogP contribution in [0.1, 0.15) is 13.8 Å². The zero-order valence-electron chi connectivity index (χ0n) is 10.6. The van der Waals surface area contributed by atoms with E-state index < -0.39 is 0 Å². The van der Waals surface area contributed by atoms with E-state index in [9.17, 15) is 4.79 Å². The van der Waals surface area contributed by atoms with Crippen molar-refractivity contribution in [2.24, 2.45) is 5.92 Å². The second-order valence-corrected chi connectivity index (χ2v) is 5.06. The molecule has 1 heterocycles. The van der Waals surface area contributed by atoms with E-state index in [0.29, 0.717) is 11.6 Å². The van der Waals surface area contributed by atoms with Crippen molar-refractivity contribution >= 4 is 17.3 Å². The molecule has 1 rings (SSSR count). The smallest absolute Gasteiger partial charge is 0.285 e. The average molecular weight is 259 g/mol. The van der Waals surface area contributed by atoms with E-state index >= 15 is 0 Å². The zero-order valence-corrected chi connectivity index (χ0v) is 11.4. The minimum absolute atomic E-state index is 0.157. The minimum Gasteiger partial charge on any atom is -0.378 e. The van der Waals surface area contributed by atoms with Crippen molar-refractivity contribution in [1.82, 2.24) is 15.1 Å². The summed E-state index contributed by atoms with van der Waals surface area (Å²) in [5, 5.41) is 9.45. The lowest BCUT2D eigenvalue weighted by molar-refractivity contribution is 0.344. The monoisotopic (exact) mass is 258 g/mol. The second kappa shape index (κ2) is 6.02. The number of likely N-dealkylation sites (N-methyl/N-ethyl adjacent to an activating group) is 1. The van der Waals surface area contributed by atoms with Gasteiger partial charge in [-0.2, -0.15) is 5.10 Å². The van der Waals surface area contributed by atoms with Crippen LogP contribution in [0.25, 0.3) is 0 Å². The highest BCUT2D eigenvalue weighted by Crippen LogP contribution is 2.18. The lowest BCUT2D eigenvalue weighted by Gasteiger charge is -2.26. The number of hydrogen-bond donors (Lipinski definition) is 2. The number of aromatic amines is 1. The normalized spacial score (nSPS) is 13.1. The van der Waals surface area contributed by atoms with Crippen molar-refractivity contribution in [3.63, 3.8) is 0 Å².